The third-order valence-corrected chi connectivity index (χ3v) is 6.18. The van der Waals surface area contributed by atoms with Crippen LogP contribution in [0.3, 0.4) is 0 Å². The van der Waals surface area contributed by atoms with Crippen molar-refractivity contribution in [1.82, 2.24) is 10.6 Å². The van der Waals surface area contributed by atoms with Gasteiger partial charge in [-0.05, 0) is 26.7 Å². The lowest BCUT2D eigenvalue weighted by Gasteiger charge is -2.37. The second-order valence-electron chi connectivity index (χ2n) is 6.01. The quantitative estimate of drug-likeness (QED) is 0.656. The molecular formula is C12H22N2O5S. The first-order chi connectivity index (χ1) is 9.00. The summed E-state index contributed by atoms with van der Waals surface area (Å²) < 4.78 is 21.9. The van der Waals surface area contributed by atoms with Crippen LogP contribution in [-0.4, -0.2) is 49.6 Å². The minimum atomic E-state index is -3.28. The van der Waals surface area contributed by atoms with Gasteiger partial charge in [-0.3, -0.25) is 4.79 Å². The van der Waals surface area contributed by atoms with Crippen LogP contribution in [-0.2, 0) is 14.6 Å². The van der Waals surface area contributed by atoms with Crippen LogP contribution in [0, 0.1) is 5.41 Å². The number of rotatable bonds is 6. The summed E-state index contributed by atoms with van der Waals surface area (Å²) in [5.74, 6) is -0.902. The Morgan fingerprint density at radius 3 is 2.15 bits per heavy atom. The Labute approximate surface area is 119 Å². The molecule has 0 spiro atoms. The molecule has 20 heavy (non-hydrogen) atoms. The van der Waals surface area contributed by atoms with E-state index in [-0.39, 0.29) is 13.1 Å². The second-order valence-corrected chi connectivity index (χ2v) is 8.66. The smallest absolute Gasteiger partial charge is 0.314 e. The number of carbonyl (C=O) groups excluding carboxylic acids is 1. The Morgan fingerprint density at radius 2 is 1.80 bits per heavy atom. The van der Waals surface area contributed by atoms with Crippen molar-refractivity contribution in [2.24, 2.45) is 5.41 Å². The van der Waals surface area contributed by atoms with E-state index in [1.807, 2.05) is 0 Å². The third-order valence-electron chi connectivity index (χ3n) is 4.03. The molecule has 8 heteroatoms. The number of hydrogen-bond donors (Lipinski definition) is 3. The molecule has 1 fully saturated rings. The van der Waals surface area contributed by atoms with Gasteiger partial charge in [-0.15, -0.1) is 0 Å². The number of sulfone groups is 1. The average molecular weight is 306 g/mol. The molecule has 0 aromatic heterocycles. The molecule has 3 N–H and O–H groups in total. The molecule has 1 aliphatic carbocycles. The van der Waals surface area contributed by atoms with Crippen molar-refractivity contribution >= 4 is 21.8 Å². The highest BCUT2D eigenvalue weighted by molar-refractivity contribution is 7.92. The number of aliphatic carboxylic acids is 1. The summed E-state index contributed by atoms with van der Waals surface area (Å²) in [5, 5.41) is 14.1. The minimum absolute atomic E-state index is 0.0300. The minimum Gasteiger partial charge on any atom is -0.481 e. The molecule has 1 saturated carbocycles. The molecule has 0 radical (unpaired) electrons. The molecule has 1 aliphatic rings. The number of urea groups is 1. The van der Waals surface area contributed by atoms with Gasteiger partial charge in [-0.25, -0.2) is 13.2 Å². The fraction of sp³-hybridized carbons (Fsp3) is 0.833. The normalized spacial score (nSPS) is 17.9. The Kier molecular flexibility index (Phi) is 4.68. The summed E-state index contributed by atoms with van der Waals surface area (Å²) in [4.78, 5) is 22.7. The van der Waals surface area contributed by atoms with E-state index >= 15 is 0 Å². The second kappa shape index (κ2) is 5.59. The SMILES string of the molecule is CC(C)(CNC(=O)NCC1(C(=O)O)CCC1)S(C)(=O)=O. The summed E-state index contributed by atoms with van der Waals surface area (Å²) in [5.41, 5.74) is -0.857. The zero-order valence-corrected chi connectivity index (χ0v) is 12.8. The summed E-state index contributed by atoms with van der Waals surface area (Å²) in [6.45, 7) is 3.08. The van der Waals surface area contributed by atoms with Gasteiger partial charge in [0.05, 0.1) is 10.2 Å². The molecule has 2 amide bonds. The maximum absolute atomic E-state index is 11.6. The molecule has 0 aromatic rings. The van der Waals surface area contributed by atoms with E-state index in [0.717, 1.165) is 12.7 Å². The molecule has 0 aromatic carbocycles. The molecule has 1 rings (SSSR count). The summed E-state index contributed by atoms with van der Waals surface area (Å²) >= 11 is 0. The highest BCUT2D eigenvalue weighted by atomic mass is 32.2. The third kappa shape index (κ3) is 3.62. The summed E-state index contributed by atoms with van der Waals surface area (Å²) in [7, 11) is -3.28. The van der Waals surface area contributed by atoms with E-state index in [1.54, 1.807) is 0 Å². The van der Waals surface area contributed by atoms with Crippen molar-refractivity contribution in [2.75, 3.05) is 19.3 Å². The molecule has 7 nitrogen and oxygen atoms in total. The van der Waals surface area contributed by atoms with Crippen LogP contribution in [0.15, 0.2) is 0 Å². The highest BCUT2D eigenvalue weighted by Crippen LogP contribution is 2.40. The van der Waals surface area contributed by atoms with Gasteiger partial charge < -0.3 is 15.7 Å². The van der Waals surface area contributed by atoms with Crippen LogP contribution < -0.4 is 10.6 Å². The van der Waals surface area contributed by atoms with E-state index in [2.05, 4.69) is 10.6 Å². The van der Waals surface area contributed by atoms with Gasteiger partial charge in [0.1, 0.15) is 0 Å². The lowest BCUT2D eigenvalue weighted by molar-refractivity contribution is -0.153. The molecule has 0 heterocycles. The monoisotopic (exact) mass is 306 g/mol. The first-order valence-corrected chi connectivity index (χ1v) is 8.34. The van der Waals surface area contributed by atoms with Crippen LogP contribution in [0.5, 0.6) is 0 Å². The zero-order valence-electron chi connectivity index (χ0n) is 12.0. The lowest BCUT2D eigenvalue weighted by atomic mass is 9.69. The van der Waals surface area contributed by atoms with Crippen LogP contribution in [0.2, 0.25) is 0 Å². The molecule has 0 saturated heterocycles. The van der Waals surface area contributed by atoms with E-state index in [0.29, 0.717) is 12.8 Å². The van der Waals surface area contributed by atoms with Crippen molar-refractivity contribution in [3.8, 4) is 0 Å². The first-order valence-electron chi connectivity index (χ1n) is 6.45. The Hall–Kier alpha value is -1.31. The van der Waals surface area contributed by atoms with E-state index in [4.69, 9.17) is 5.11 Å². The predicted molar refractivity (Wildman–Crippen MR) is 74.2 cm³/mol. The fourth-order valence-electron chi connectivity index (χ4n) is 1.81. The van der Waals surface area contributed by atoms with Crippen LogP contribution in [0.1, 0.15) is 33.1 Å². The van der Waals surface area contributed by atoms with E-state index in [1.165, 1.54) is 13.8 Å². The van der Waals surface area contributed by atoms with Gasteiger partial charge in [-0.2, -0.15) is 0 Å². The van der Waals surface area contributed by atoms with Crippen molar-refractivity contribution in [3.05, 3.63) is 0 Å². The molecular weight excluding hydrogens is 284 g/mol. The molecule has 0 unspecified atom stereocenters. The van der Waals surface area contributed by atoms with Gasteiger partial charge in [0.25, 0.3) is 0 Å². The first kappa shape index (κ1) is 16.7. The maximum Gasteiger partial charge on any atom is 0.314 e. The number of carboxylic acid groups (broad SMARTS) is 1. The predicted octanol–water partition coefficient (Wildman–Crippen LogP) is 0.364. The fourth-order valence-corrected chi connectivity index (χ4v) is 2.14. The van der Waals surface area contributed by atoms with Crippen LogP contribution in [0.4, 0.5) is 4.79 Å². The number of carbonyl (C=O) groups is 2. The molecule has 0 bridgehead atoms. The van der Waals surface area contributed by atoms with E-state index in [9.17, 15) is 18.0 Å². The molecule has 116 valence electrons. The van der Waals surface area contributed by atoms with Crippen molar-refractivity contribution in [1.29, 1.82) is 0 Å². The largest absolute Gasteiger partial charge is 0.481 e. The zero-order chi connectivity index (χ0) is 15.6. The van der Waals surface area contributed by atoms with Gasteiger partial charge in [0, 0.05) is 19.3 Å². The molecule has 0 atom stereocenters. The number of carboxylic acids is 1. The highest BCUT2D eigenvalue weighted by Gasteiger charge is 2.44. The number of nitrogens with one attached hydrogen (secondary N) is 2. The Bertz CT molecular complexity index is 494. The Balaban J connectivity index is 2.44. The van der Waals surface area contributed by atoms with Gasteiger partial charge in [-0.1, -0.05) is 6.42 Å². The topological polar surface area (TPSA) is 113 Å². The summed E-state index contributed by atoms with van der Waals surface area (Å²) in [6, 6.07) is -0.547. The van der Waals surface area contributed by atoms with Crippen LogP contribution >= 0.6 is 0 Å². The Morgan fingerprint density at radius 1 is 1.25 bits per heavy atom. The van der Waals surface area contributed by atoms with Gasteiger partial charge in [0.15, 0.2) is 9.84 Å². The molecule has 0 aliphatic heterocycles. The lowest BCUT2D eigenvalue weighted by Crippen LogP contribution is -2.52. The van der Waals surface area contributed by atoms with Crippen molar-refractivity contribution < 1.29 is 23.1 Å². The van der Waals surface area contributed by atoms with E-state index < -0.39 is 32.0 Å². The van der Waals surface area contributed by atoms with Crippen molar-refractivity contribution in [2.45, 2.75) is 37.9 Å². The van der Waals surface area contributed by atoms with Gasteiger partial charge in [0.2, 0.25) is 0 Å². The van der Waals surface area contributed by atoms with Crippen LogP contribution in [0.25, 0.3) is 0 Å². The average Bonchev–Trinajstić information content (AvgIpc) is 2.22. The summed E-state index contributed by atoms with van der Waals surface area (Å²) in [6.07, 6.45) is 3.06. The maximum atomic E-state index is 11.6. The van der Waals surface area contributed by atoms with Gasteiger partial charge >= 0.3 is 12.0 Å². The standard InChI is InChI=1S/C12H22N2O5S/c1-11(2,20(3,18)19)7-13-10(17)14-8-12(9(15)16)5-4-6-12/h4-8H2,1-3H3,(H,15,16)(H2,13,14,17). The number of hydrogen-bond acceptors (Lipinski definition) is 4. The number of amides is 2. The van der Waals surface area contributed by atoms with Crippen molar-refractivity contribution in [3.63, 3.8) is 0 Å².